The number of rotatable bonds is 5. The topological polar surface area (TPSA) is 65.3 Å². The van der Waals surface area contributed by atoms with Gasteiger partial charge in [-0.15, -0.1) is 11.3 Å². The molecule has 0 N–H and O–H groups in total. The minimum atomic E-state index is -0.510. The lowest BCUT2D eigenvalue weighted by atomic mass is 10.1. The van der Waals surface area contributed by atoms with Crippen LogP contribution in [0.5, 0.6) is 0 Å². The minimum absolute atomic E-state index is 0.159. The van der Waals surface area contributed by atoms with Crippen molar-refractivity contribution < 1.29 is 9.59 Å². The van der Waals surface area contributed by atoms with Gasteiger partial charge in [-0.2, -0.15) is 0 Å². The molecule has 0 unspecified atom stereocenters. The van der Waals surface area contributed by atoms with Crippen molar-refractivity contribution >= 4 is 40.9 Å². The molecule has 2 amide bonds. The van der Waals surface area contributed by atoms with Crippen LogP contribution in [0, 0.1) is 11.8 Å². The first-order valence-corrected chi connectivity index (χ1v) is 12.9. The van der Waals surface area contributed by atoms with E-state index in [4.69, 9.17) is 4.99 Å². The third-order valence-corrected chi connectivity index (χ3v) is 8.78. The predicted molar refractivity (Wildman–Crippen MR) is 129 cm³/mol. The average Bonchev–Trinajstić information content (AvgIpc) is 3.59. The summed E-state index contributed by atoms with van der Waals surface area (Å²) in [5.74, 6) is 1.90. The van der Waals surface area contributed by atoms with Crippen LogP contribution in [0.4, 0.5) is 5.69 Å². The van der Waals surface area contributed by atoms with Crippen LogP contribution in [-0.4, -0.2) is 58.8 Å². The Labute approximate surface area is 197 Å². The standard InChI is InChI=1S/C26H26N4O2S/c31-24(18-2-3-18)29-12-8-16(14-29)15-30-23(28-26(9-10-26)25(30)32)22-6-5-21(33-22)19-4-1-17-7-11-27-20(17)13-19/h1,4-6,11,13,16,18H,2-3,7-10,12,14-15H2/t16-/m1/s1. The molecule has 1 aromatic carbocycles. The van der Waals surface area contributed by atoms with E-state index < -0.39 is 5.54 Å². The van der Waals surface area contributed by atoms with Crippen LogP contribution in [-0.2, 0) is 16.0 Å². The van der Waals surface area contributed by atoms with E-state index in [1.807, 2.05) is 16.0 Å². The summed E-state index contributed by atoms with van der Waals surface area (Å²) >= 11 is 1.70. The second-order valence-corrected chi connectivity index (χ2v) is 11.2. The molecule has 4 heterocycles. The number of fused-ring (bicyclic) bond motifs is 1. The Morgan fingerprint density at radius 3 is 2.79 bits per heavy atom. The molecule has 6 nitrogen and oxygen atoms in total. The van der Waals surface area contributed by atoms with Crippen LogP contribution in [0.25, 0.3) is 10.4 Å². The minimum Gasteiger partial charge on any atom is -0.342 e. The van der Waals surface area contributed by atoms with Crippen molar-refractivity contribution in [2.75, 3.05) is 19.6 Å². The summed E-state index contributed by atoms with van der Waals surface area (Å²) < 4.78 is 0. The maximum Gasteiger partial charge on any atom is 0.256 e. The van der Waals surface area contributed by atoms with E-state index in [1.54, 1.807) is 11.3 Å². The molecule has 0 bridgehead atoms. The lowest BCUT2D eigenvalue weighted by Gasteiger charge is -2.23. The van der Waals surface area contributed by atoms with Crippen molar-refractivity contribution in [3.8, 4) is 10.4 Å². The fourth-order valence-corrected chi connectivity index (χ4v) is 6.35. The summed E-state index contributed by atoms with van der Waals surface area (Å²) in [5.41, 5.74) is 2.98. The van der Waals surface area contributed by atoms with Crippen molar-refractivity contribution in [1.82, 2.24) is 9.80 Å². The van der Waals surface area contributed by atoms with E-state index in [-0.39, 0.29) is 11.8 Å². The summed E-state index contributed by atoms with van der Waals surface area (Å²) in [5, 5.41) is 0. The number of amidine groups is 1. The molecular formula is C26H26N4O2S. The van der Waals surface area contributed by atoms with Gasteiger partial charge in [0.2, 0.25) is 5.91 Å². The molecule has 2 aromatic rings. The molecule has 2 saturated carbocycles. The molecule has 7 rings (SSSR count). The van der Waals surface area contributed by atoms with Gasteiger partial charge < -0.3 is 4.90 Å². The van der Waals surface area contributed by atoms with Crippen LogP contribution in [0.2, 0.25) is 0 Å². The molecule has 2 aliphatic carbocycles. The number of likely N-dealkylation sites (tertiary alicyclic amines) is 1. The number of nitrogens with zero attached hydrogens (tertiary/aromatic N) is 4. The molecule has 3 aliphatic heterocycles. The third-order valence-electron chi connectivity index (χ3n) is 7.65. The summed E-state index contributed by atoms with van der Waals surface area (Å²) in [6, 6.07) is 10.7. The number of aliphatic imine (C=N–C) groups is 2. The second kappa shape index (κ2) is 7.10. The largest absolute Gasteiger partial charge is 0.342 e. The van der Waals surface area contributed by atoms with Crippen LogP contribution in [0.1, 0.15) is 42.5 Å². The summed E-state index contributed by atoms with van der Waals surface area (Å²) in [6.07, 6.45) is 7.62. The summed E-state index contributed by atoms with van der Waals surface area (Å²) in [4.78, 5) is 41.4. The van der Waals surface area contributed by atoms with Crippen molar-refractivity contribution in [3.63, 3.8) is 0 Å². The first kappa shape index (κ1) is 19.6. The zero-order valence-corrected chi connectivity index (χ0v) is 19.3. The Bertz CT molecular complexity index is 1240. The number of benzene rings is 1. The fraction of sp³-hybridized carbons (Fsp3) is 0.462. The van der Waals surface area contributed by atoms with Gasteiger partial charge in [-0.25, -0.2) is 0 Å². The second-order valence-electron chi connectivity index (χ2n) is 10.1. The molecule has 3 fully saturated rings. The molecule has 1 aromatic heterocycles. The number of thiophene rings is 1. The molecule has 1 spiro atoms. The maximum absolute atomic E-state index is 13.3. The van der Waals surface area contributed by atoms with E-state index in [0.717, 1.165) is 73.6 Å². The van der Waals surface area contributed by atoms with E-state index >= 15 is 0 Å². The van der Waals surface area contributed by atoms with E-state index in [0.29, 0.717) is 18.4 Å². The smallest absolute Gasteiger partial charge is 0.256 e. The number of hydrogen-bond donors (Lipinski definition) is 0. The maximum atomic E-state index is 13.3. The highest BCUT2D eigenvalue weighted by Crippen LogP contribution is 2.47. The molecule has 1 saturated heterocycles. The first-order valence-electron chi connectivity index (χ1n) is 12.1. The van der Waals surface area contributed by atoms with Gasteiger partial charge in [0.1, 0.15) is 11.4 Å². The lowest BCUT2D eigenvalue weighted by Crippen LogP contribution is -2.40. The number of hydrogen-bond acceptors (Lipinski definition) is 5. The molecule has 168 valence electrons. The molecule has 0 radical (unpaired) electrons. The van der Waals surface area contributed by atoms with Gasteiger partial charge >= 0.3 is 0 Å². The van der Waals surface area contributed by atoms with Crippen molar-refractivity contribution in [3.05, 3.63) is 40.8 Å². The molecule has 1 atom stereocenters. The Kier molecular flexibility index (Phi) is 4.23. The predicted octanol–water partition coefficient (Wildman–Crippen LogP) is 4.05. The van der Waals surface area contributed by atoms with Gasteiger partial charge in [0.05, 0.1) is 10.6 Å². The van der Waals surface area contributed by atoms with Gasteiger partial charge in [0.15, 0.2) is 0 Å². The average molecular weight is 459 g/mol. The normalized spacial score (nSPS) is 24.7. The van der Waals surface area contributed by atoms with E-state index in [9.17, 15) is 9.59 Å². The zero-order chi connectivity index (χ0) is 22.2. The number of carbonyl (C=O) groups excluding carboxylic acids is 2. The third kappa shape index (κ3) is 3.28. The van der Waals surface area contributed by atoms with Gasteiger partial charge in [-0.05, 0) is 67.3 Å². The monoisotopic (exact) mass is 458 g/mol. The quantitative estimate of drug-likeness (QED) is 0.678. The first-order chi connectivity index (χ1) is 16.1. The van der Waals surface area contributed by atoms with Gasteiger partial charge in [0, 0.05) is 43.1 Å². The summed E-state index contributed by atoms with van der Waals surface area (Å²) in [6.45, 7) is 2.25. The number of amides is 2. The fourth-order valence-electron chi connectivity index (χ4n) is 5.35. The van der Waals surface area contributed by atoms with Gasteiger partial charge in [-0.3, -0.25) is 24.5 Å². The van der Waals surface area contributed by atoms with Crippen LogP contribution in [0.15, 0.2) is 40.3 Å². The summed E-state index contributed by atoms with van der Waals surface area (Å²) in [7, 11) is 0. The molecule has 33 heavy (non-hydrogen) atoms. The number of carbonyl (C=O) groups is 2. The molecule has 5 aliphatic rings. The molecule has 7 heteroatoms. The highest BCUT2D eigenvalue weighted by molar-refractivity contribution is 7.17. The van der Waals surface area contributed by atoms with Crippen molar-refractivity contribution in [2.24, 2.45) is 21.8 Å². The highest BCUT2D eigenvalue weighted by atomic mass is 32.1. The Balaban J connectivity index is 1.13. The Morgan fingerprint density at radius 2 is 1.97 bits per heavy atom. The lowest BCUT2D eigenvalue weighted by molar-refractivity contribution is -0.131. The van der Waals surface area contributed by atoms with E-state index in [2.05, 4.69) is 35.3 Å². The van der Waals surface area contributed by atoms with Crippen LogP contribution in [0.3, 0.4) is 0 Å². The van der Waals surface area contributed by atoms with Crippen molar-refractivity contribution in [1.29, 1.82) is 0 Å². The SMILES string of the molecule is O=C(C1CC1)N1CC[C@@H](CN2C(=O)C3(CC3)N=C2c2ccc(-c3ccc4c(c3)N=CC4)s2)C1. The van der Waals surface area contributed by atoms with Gasteiger partial charge in [-0.1, -0.05) is 12.1 Å². The van der Waals surface area contributed by atoms with Crippen molar-refractivity contribution in [2.45, 2.75) is 44.1 Å². The molecular weight excluding hydrogens is 432 g/mol. The van der Waals surface area contributed by atoms with Gasteiger partial charge in [0.25, 0.3) is 5.91 Å². The Morgan fingerprint density at radius 1 is 1.12 bits per heavy atom. The zero-order valence-electron chi connectivity index (χ0n) is 18.5. The van der Waals surface area contributed by atoms with Crippen LogP contribution >= 0.6 is 11.3 Å². The van der Waals surface area contributed by atoms with Crippen LogP contribution < -0.4 is 0 Å². The Hall–Kier alpha value is -2.80. The van der Waals surface area contributed by atoms with E-state index in [1.165, 1.54) is 10.4 Å². The highest BCUT2D eigenvalue weighted by Gasteiger charge is 2.57.